The molecule has 0 aliphatic heterocycles. The van der Waals surface area contributed by atoms with Crippen LogP contribution in [0.15, 0.2) is 18.2 Å². The molecule has 1 rings (SSSR count). The third-order valence-corrected chi connectivity index (χ3v) is 2.93. The lowest BCUT2D eigenvalue weighted by Gasteiger charge is -2.12. The van der Waals surface area contributed by atoms with Gasteiger partial charge in [-0.3, -0.25) is 4.79 Å². The first-order valence-electron chi connectivity index (χ1n) is 6.52. The van der Waals surface area contributed by atoms with E-state index in [0.717, 1.165) is 18.9 Å². The van der Waals surface area contributed by atoms with Gasteiger partial charge < -0.3 is 11.1 Å². The maximum Gasteiger partial charge on any atom is 0.416 e. The highest BCUT2D eigenvalue weighted by atomic mass is 19.4. The van der Waals surface area contributed by atoms with Crippen LogP contribution in [-0.2, 0) is 11.0 Å². The molecule has 0 radical (unpaired) electrons. The number of halogens is 3. The van der Waals surface area contributed by atoms with Crippen molar-refractivity contribution in [3.05, 3.63) is 29.3 Å². The summed E-state index contributed by atoms with van der Waals surface area (Å²) in [4.78, 5) is 11.6. The van der Waals surface area contributed by atoms with E-state index in [4.69, 9.17) is 5.73 Å². The molecule has 0 unspecified atom stereocenters. The molecule has 0 aromatic heterocycles. The van der Waals surface area contributed by atoms with Gasteiger partial charge in [-0.05, 0) is 44.0 Å². The van der Waals surface area contributed by atoms with Crippen molar-refractivity contribution >= 4 is 11.6 Å². The number of nitrogens with two attached hydrogens (primary N) is 1. The summed E-state index contributed by atoms with van der Waals surface area (Å²) in [5.41, 5.74) is 4.92. The van der Waals surface area contributed by atoms with Gasteiger partial charge in [0.25, 0.3) is 0 Å². The lowest BCUT2D eigenvalue weighted by atomic mass is 10.1. The molecule has 0 fully saturated rings. The Hall–Kier alpha value is -1.56. The van der Waals surface area contributed by atoms with Gasteiger partial charge in [-0.25, -0.2) is 0 Å². The molecule has 0 aliphatic carbocycles. The molecule has 0 saturated heterocycles. The molecule has 6 heteroatoms. The van der Waals surface area contributed by atoms with Gasteiger partial charge in [0.1, 0.15) is 0 Å². The van der Waals surface area contributed by atoms with Crippen molar-refractivity contribution < 1.29 is 18.0 Å². The Balaban J connectivity index is 2.62. The molecule has 0 saturated carbocycles. The van der Waals surface area contributed by atoms with Gasteiger partial charge in [0, 0.05) is 12.1 Å². The van der Waals surface area contributed by atoms with Crippen LogP contribution >= 0.6 is 0 Å². The number of anilines is 1. The number of unbranched alkanes of at least 4 members (excludes halogenated alkanes) is 2. The van der Waals surface area contributed by atoms with E-state index in [1.54, 1.807) is 0 Å². The number of nitrogens with one attached hydrogen (secondary N) is 1. The van der Waals surface area contributed by atoms with Gasteiger partial charge in [0.2, 0.25) is 5.91 Å². The Labute approximate surface area is 116 Å². The monoisotopic (exact) mass is 288 g/mol. The smallest absolute Gasteiger partial charge is 0.330 e. The molecule has 1 aromatic carbocycles. The van der Waals surface area contributed by atoms with Crippen LogP contribution in [-0.4, -0.2) is 12.5 Å². The van der Waals surface area contributed by atoms with Crippen molar-refractivity contribution in [3.63, 3.8) is 0 Å². The van der Waals surface area contributed by atoms with Gasteiger partial charge in [0.05, 0.1) is 5.56 Å². The number of hydrogen-bond donors (Lipinski definition) is 2. The second-order valence-corrected chi connectivity index (χ2v) is 4.67. The zero-order valence-electron chi connectivity index (χ0n) is 11.4. The fraction of sp³-hybridized carbons (Fsp3) is 0.500. The predicted molar refractivity (Wildman–Crippen MR) is 72.3 cm³/mol. The first kappa shape index (κ1) is 16.5. The van der Waals surface area contributed by atoms with Crippen LogP contribution in [0.25, 0.3) is 0 Å². The van der Waals surface area contributed by atoms with Crippen molar-refractivity contribution in [2.75, 3.05) is 11.9 Å². The van der Waals surface area contributed by atoms with Crippen LogP contribution in [0.1, 0.15) is 36.8 Å². The second kappa shape index (κ2) is 7.28. The minimum absolute atomic E-state index is 0.137. The van der Waals surface area contributed by atoms with E-state index in [0.29, 0.717) is 13.0 Å². The quantitative estimate of drug-likeness (QED) is 0.787. The minimum Gasteiger partial charge on any atom is -0.330 e. The largest absolute Gasteiger partial charge is 0.416 e. The summed E-state index contributed by atoms with van der Waals surface area (Å²) in [6.07, 6.45) is -1.76. The normalized spacial score (nSPS) is 11.4. The van der Waals surface area contributed by atoms with Gasteiger partial charge in [0.15, 0.2) is 0 Å². The van der Waals surface area contributed by atoms with Crippen molar-refractivity contribution in [1.82, 2.24) is 0 Å². The van der Waals surface area contributed by atoms with E-state index in [-0.39, 0.29) is 23.6 Å². The van der Waals surface area contributed by atoms with Gasteiger partial charge in [-0.1, -0.05) is 12.5 Å². The zero-order chi connectivity index (χ0) is 15.2. The number of carbonyl (C=O) groups is 1. The lowest BCUT2D eigenvalue weighted by Crippen LogP contribution is -2.13. The van der Waals surface area contributed by atoms with Crippen LogP contribution in [0.2, 0.25) is 0 Å². The number of aryl methyl sites for hydroxylation is 1. The number of hydrogen-bond acceptors (Lipinski definition) is 2. The van der Waals surface area contributed by atoms with Gasteiger partial charge in [-0.2, -0.15) is 13.2 Å². The molecular formula is C14H19F3N2O. The van der Waals surface area contributed by atoms with Crippen LogP contribution in [0.5, 0.6) is 0 Å². The average Bonchev–Trinajstić information content (AvgIpc) is 2.36. The van der Waals surface area contributed by atoms with Crippen LogP contribution in [0.3, 0.4) is 0 Å². The van der Waals surface area contributed by atoms with E-state index in [1.807, 2.05) is 0 Å². The summed E-state index contributed by atoms with van der Waals surface area (Å²) >= 11 is 0. The molecule has 0 heterocycles. The number of carbonyl (C=O) groups excluding carboxylic acids is 1. The van der Waals surface area contributed by atoms with E-state index in [2.05, 4.69) is 5.32 Å². The molecular weight excluding hydrogens is 269 g/mol. The summed E-state index contributed by atoms with van der Waals surface area (Å²) in [5.74, 6) is -0.279. The van der Waals surface area contributed by atoms with Gasteiger partial charge >= 0.3 is 6.18 Å². The van der Waals surface area contributed by atoms with Crippen LogP contribution in [0.4, 0.5) is 18.9 Å². The number of alkyl halides is 3. The van der Waals surface area contributed by atoms with Crippen LogP contribution in [0, 0.1) is 6.92 Å². The summed E-state index contributed by atoms with van der Waals surface area (Å²) in [5, 5.41) is 2.49. The Morgan fingerprint density at radius 3 is 2.55 bits per heavy atom. The predicted octanol–water partition coefficient (Wildman–Crippen LogP) is 3.47. The summed E-state index contributed by atoms with van der Waals surface area (Å²) < 4.78 is 38.2. The average molecular weight is 288 g/mol. The van der Waals surface area contributed by atoms with E-state index in [1.165, 1.54) is 19.1 Å². The SMILES string of the molecule is Cc1ccc(NC(=O)CCCCCN)cc1C(F)(F)F. The fourth-order valence-electron chi connectivity index (χ4n) is 1.84. The maximum absolute atomic E-state index is 12.7. The minimum atomic E-state index is -4.41. The molecule has 0 atom stereocenters. The van der Waals surface area contributed by atoms with Crippen molar-refractivity contribution in [1.29, 1.82) is 0 Å². The molecule has 1 amide bonds. The van der Waals surface area contributed by atoms with Crippen LogP contribution < -0.4 is 11.1 Å². The summed E-state index contributed by atoms with van der Waals surface area (Å²) in [6.45, 7) is 1.97. The Bertz CT molecular complexity index is 458. The lowest BCUT2D eigenvalue weighted by molar-refractivity contribution is -0.138. The van der Waals surface area contributed by atoms with Crippen molar-refractivity contribution in [3.8, 4) is 0 Å². The van der Waals surface area contributed by atoms with E-state index >= 15 is 0 Å². The first-order valence-corrected chi connectivity index (χ1v) is 6.52. The third kappa shape index (κ3) is 5.21. The third-order valence-electron chi connectivity index (χ3n) is 2.93. The van der Waals surface area contributed by atoms with E-state index < -0.39 is 11.7 Å². The zero-order valence-corrected chi connectivity index (χ0v) is 11.4. The Morgan fingerprint density at radius 1 is 1.25 bits per heavy atom. The highest BCUT2D eigenvalue weighted by Gasteiger charge is 2.32. The van der Waals surface area contributed by atoms with Crippen molar-refractivity contribution in [2.24, 2.45) is 5.73 Å². The van der Waals surface area contributed by atoms with Crippen molar-refractivity contribution in [2.45, 2.75) is 38.8 Å². The Morgan fingerprint density at radius 2 is 1.95 bits per heavy atom. The van der Waals surface area contributed by atoms with E-state index in [9.17, 15) is 18.0 Å². The fourth-order valence-corrected chi connectivity index (χ4v) is 1.84. The highest BCUT2D eigenvalue weighted by Crippen LogP contribution is 2.33. The molecule has 3 N–H and O–H groups in total. The summed E-state index contributed by atoms with van der Waals surface area (Å²) in [7, 11) is 0. The first-order chi connectivity index (χ1) is 9.34. The topological polar surface area (TPSA) is 55.1 Å². The summed E-state index contributed by atoms with van der Waals surface area (Å²) in [6, 6.07) is 3.79. The number of benzene rings is 1. The number of rotatable bonds is 6. The maximum atomic E-state index is 12.7. The molecule has 0 bridgehead atoms. The molecule has 0 aliphatic rings. The molecule has 112 valence electrons. The Kier molecular flexibility index (Phi) is 6.01. The number of amides is 1. The molecule has 20 heavy (non-hydrogen) atoms. The molecule has 1 aromatic rings. The molecule has 0 spiro atoms. The standard InChI is InChI=1S/C14H19F3N2O/c1-10-6-7-11(9-12(10)14(15,16)17)19-13(20)5-3-2-4-8-18/h6-7,9H,2-5,8,18H2,1H3,(H,19,20). The molecule has 3 nitrogen and oxygen atoms in total. The second-order valence-electron chi connectivity index (χ2n) is 4.67. The highest BCUT2D eigenvalue weighted by molar-refractivity contribution is 5.90. The van der Waals surface area contributed by atoms with Gasteiger partial charge in [-0.15, -0.1) is 0 Å².